The van der Waals surface area contributed by atoms with Crippen molar-refractivity contribution >= 4 is 20.1 Å². The molecule has 2 heteroatoms. The number of H-pyrrole nitrogens is 1. The fraction of sp³-hybridized carbons (Fsp3) is 0.100. The van der Waals surface area contributed by atoms with Crippen molar-refractivity contribution in [3.63, 3.8) is 0 Å². The topological polar surface area (TPSA) is 15.8 Å². The molecule has 1 rings (SSSR count). The highest BCUT2D eigenvalue weighted by atomic mass is 31.1. The van der Waals surface area contributed by atoms with Gasteiger partial charge in [0.05, 0.1) is 0 Å². The fourth-order valence-electron chi connectivity index (χ4n) is 0.955. The first kappa shape index (κ1) is 9.02. The number of aromatic amines is 1. The van der Waals surface area contributed by atoms with Gasteiger partial charge in [-0.15, -0.1) is 8.20 Å². The molecule has 0 spiro atoms. The van der Waals surface area contributed by atoms with E-state index in [1.807, 2.05) is 18.3 Å². The largest absolute Gasteiger partial charge is 0.361 e. The first-order valence-electron chi connectivity index (χ1n) is 3.77. The SMILES string of the molecule is C=CC=Cc1[nH]ccc1C=PC. The van der Waals surface area contributed by atoms with Crippen molar-refractivity contribution in [3.8, 4) is 0 Å². The summed E-state index contributed by atoms with van der Waals surface area (Å²) in [6.07, 6.45) is 7.66. The molecule has 0 fully saturated rings. The molecule has 12 heavy (non-hydrogen) atoms. The molecule has 62 valence electrons. The van der Waals surface area contributed by atoms with Gasteiger partial charge in [-0.05, 0) is 24.6 Å². The van der Waals surface area contributed by atoms with Crippen LogP contribution in [-0.4, -0.2) is 17.4 Å². The molecule has 1 aromatic heterocycles. The summed E-state index contributed by atoms with van der Waals surface area (Å²) in [5, 5.41) is 0. The van der Waals surface area contributed by atoms with Crippen LogP contribution in [0.1, 0.15) is 11.3 Å². The first-order chi connectivity index (χ1) is 5.88. The zero-order valence-electron chi connectivity index (χ0n) is 7.12. The van der Waals surface area contributed by atoms with Crippen LogP contribution in [-0.2, 0) is 0 Å². The second-order valence-electron chi connectivity index (χ2n) is 2.33. The maximum Gasteiger partial charge on any atom is 0.0457 e. The lowest BCUT2D eigenvalue weighted by Gasteiger charge is -1.89. The molecule has 0 aliphatic heterocycles. The first-order valence-corrected chi connectivity index (χ1v) is 5.18. The Morgan fingerprint density at radius 2 is 2.42 bits per heavy atom. The highest BCUT2D eigenvalue weighted by molar-refractivity contribution is 7.38. The Balaban J connectivity index is 2.90. The molecule has 1 nitrogen and oxygen atoms in total. The molecule has 0 radical (unpaired) electrons. The lowest BCUT2D eigenvalue weighted by atomic mass is 10.2. The third-order valence-corrected chi connectivity index (χ3v) is 2.02. The summed E-state index contributed by atoms with van der Waals surface area (Å²) >= 11 is 0. The molecule has 0 amide bonds. The van der Waals surface area contributed by atoms with Gasteiger partial charge in [-0.1, -0.05) is 18.7 Å². The number of nitrogens with one attached hydrogen (secondary N) is 1. The van der Waals surface area contributed by atoms with Crippen LogP contribution in [0.25, 0.3) is 6.08 Å². The quantitative estimate of drug-likeness (QED) is 0.539. The van der Waals surface area contributed by atoms with Gasteiger partial charge in [0.1, 0.15) is 0 Å². The Morgan fingerprint density at radius 1 is 1.58 bits per heavy atom. The Labute approximate surface area is 74.6 Å². The number of rotatable bonds is 3. The van der Waals surface area contributed by atoms with E-state index >= 15 is 0 Å². The second-order valence-corrected chi connectivity index (χ2v) is 3.10. The van der Waals surface area contributed by atoms with Crippen molar-refractivity contribution in [1.82, 2.24) is 4.98 Å². The van der Waals surface area contributed by atoms with E-state index in [4.69, 9.17) is 0 Å². The summed E-state index contributed by atoms with van der Waals surface area (Å²) in [7, 11) is 1.28. The van der Waals surface area contributed by atoms with Crippen molar-refractivity contribution in [2.24, 2.45) is 0 Å². The monoisotopic (exact) mass is 177 g/mol. The van der Waals surface area contributed by atoms with E-state index in [0.29, 0.717) is 0 Å². The standard InChI is InChI=1S/C10H12NP/c1-3-4-5-10-9(8-12-2)6-7-11-10/h3-8,11H,1H2,2H3. The minimum atomic E-state index is 1.14. The summed E-state index contributed by atoms with van der Waals surface area (Å²) in [6, 6.07) is 2.07. The van der Waals surface area contributed by atoms with Gasteiger partial charge in [0.25, 0.3) is 0 Å². The molecule has 0 unspecified atom stereocenters. The molecular weight excluding hydrogens is 165 g/mol. The predicted molar refractivity (Wildman–Crippen MR) is 58.0 cm³/mol. The Morgan fingerprint density at radius 3 is 3.08 bits per heavy atom. The summed E-state index contributed by atoms with van der Waals surface area (Å²) in [4.78, 5) is 3.16. The Hall–Kier alpha value is -1.07. The maximum atomic E-state index is 3.62. The minimum absolute atomic E-state index is 1.14. The van der Waals surface area contributed by atoms with E-state index in [2.05, 4.69) is 30.1 Å². The Kier molecular flexibility index (Phi) is 3.56. The minimum Gasteiger partial charge on any atom is -0.361 e. The van der Waals surface area contributed by atoms with Gasteiger partial charge < -0.3 is 4.98 Å². The molecule has 1 N–H and O–H groups in total. The summed E-state index contributed by atoms with van der Waals surface area (Å²) in [5.41, 5.74) is 2.39. The lowest BCUT2D eigenvalue weighted by molar-refractivity contribution is 1.37. The Bertz CT molecular complexity index is 307. The summed E-state index contributed by atoms with van der Waals surface area (Å²) in [6.45, 7) is 5.73. The predicted octanol–water partition coefficient (Wildman–Crippen LogP) is 2.94. The maximum absolute atomic E-state index is 3.62. The van der Waals surface area contributed by atoms with Gasteiger partial charge in [-0.2, -0.15) is 0 Å². The van der Waals surface area contributed by atoms with Crippen LogP contribution in [0.4, 0.5) is 0 Å². The highest BCUT2D eigenvalue weighted by Crippen LogP contribution is 2.07. The molecule has 0 saturated heterocycles. The van der Waals surface area contributed by atoms with Crippen LogP contribution >= 0.6 is 8.20 Å². The van der Waals surface area contributed by atoms with E-state index in [-0.39, 0.29) is 0 Å². The lowest BCUT2D eigenvalue weighted by Crippen LogP contribution is -1.78. The molecule has 0 atom stereocenters. The van der Waals surface area contributed by atoms with Gasteiger partial charge in [-0.3, -0.25) is 0 Å². The third kappa shape index (κ3) is 2.21. The molecule has 0 aliphatic carbocycles. The molecule has 0 aromatic carbocycles. The summed E-state index contributed by atoms with van der Waals surface area (Å²) in [5.74, 6) is 2.17. The van der Waals surface area contributed by atoms with Crippen LogP contribution < -0.4 is 0 Å². The van der Waals surface area contributed by atoms with E-state index < -0.39 is 0 Å². The molecule has 0 bridgehead atoms. The van der Waals surface area contributed by atoms with Crippen LogP contribution in [0, 0.1) is 0 Å². The van der Waals surface area contributed by atoms with E-state index in [1.54, 1.807) is 6.08 Å². The van der Waals surface area contributed by atoms with Gasteiger partial charge in [0, 0.05) is 17.5 Å². The van der Waals surface area contributed by atoms with Gasteiger partial charge in [0.2, 0.25) is 0 Å². The molecule has 0 saturated carbocycles. The second kappa shape index (κ2) is 4.74. The van der Waals surface area contributed by atoms with Crippen LogP contribution in [0.3, 0.4) is 0 Å². The van der Waals surface area contributed by atoms with Crippen molar-refractivity contribution in [2.75, 3.05) is 6.66 Å². The zero-order valence-corrected chi connectivity index (χ0v) is 8.01. The van der Waals surface area contributed by atoms with E-state index in [9.17, 15) is 0 Å². The number of aromatic nitrogens is 1. The van der Waals surface area contributed by atoms with E-state index in [0.717, 1.165) is 5.69 Å². The molecular formula is C10H12NP. The fourth-order valence-corrected chi connectivity index (χ4v) is 1.46. The number of hydrogen-bond donors (Lipinski definition) is 1. The van der Waals surface area contributed by atoms with Crippen molar-refractivity contribution in [3.05, 3.63) is 42.3 Å². The van der Waals surface area contributed by atoms with Gasteiger partial charge in [0.15, 0.2) is 0 Å². The van der Waals surface area contributed by atoms with Crippen molar-refractivity contribution < 1.29 is 0 Å². The van der Waals surface area contributed by atoms with Crippen LogP contribution in [0.15, 0.2) is 31.0 Å². The van der Waals surface area contributed by atoms with E-state index in [1.165, 1.54) is 13.8 Å². The smallest absolute Gasteiger partial charge is 0.0457 e. The molecule has 1 heterocycles. The number of hydrogen-bond acceptors (Lipinski definition) is 0. The zero-order chi connectivity index (χ0) is 8.81. The highest BCUT2D eigenvalue weighted by Gasteiger charge is 1.93. The average molecular weight is 177 g/mol. The molecule has 0 aliphatic rings. The average Bonchev–Trinajstić information content (AvgIpc) is 2.50. The summed E-state index contributed by atoms with van der Waals surface area (Å²) < 4.78 is 0. The van der Waals surface area contributed by atoms with Crippen LogP contribution in [0.2, 0.25) is 0 Å². The van der Waals surface area contributed by atoms with Crippen molar-refractivity contribution in [2.45, 2.75) is 0 Å². The van der Waals surface area contributed by atoms with Crippen molar-refractivity contribution in [1.29, 1.82) is 0 Å². The van der Waals surface area contributed by atoms with Crippen LogP contribution in [0.5, 0.6) is 0 Å². The molecule has 1 aromatic rings. The third-order valence-electron chi connectivity index (χ3n) is 1.48. The van der Waals surface area contributed by atoms with Gasteiger partial charge >= 0.3 is 0 Å². The normalized spacial score (nSPS) is 11.4. The van der Waals surface area contributed by atoms with Gasteiger partial charge in [-0.25, -0.2) is 0 Å². The number of allylic oxidation sites excluding steroid dienone is 2.